The predicted molar refractivity (Wildman–Crippen MR) is 68.8 cm³/mol. The van der Waals surface area contributed by atoms with Crippen LogP contribution < -0.4 is 0 Å². The summed E-state index contributed by atoms with van der Waals surface area (Å²) >= 11 is 0. The van der Waals surface area contributed by atoms with Gasteiger partial charge in [0.2, 0.25) is 0 Å². The van der Waals surface area contributed by atoms with Gasteiger partial charge < -0.3 is 4.74 Å². The molecule has 17 heavy (non-hydrogen) atoms. The highest BCUT2D eigenvalue weighted by molar-refractivity contribution is 5.99. The predicted octanol–water partition coefficient (Wildman–Crippen LogP) is 3.43. The number of ether oxygens (including phenoxy) is 1. The first-order chi connectivity index (χ1) is 7.83. The standard InChI is InChI=1S/C15H22O2/c1-11-5-6-13-15(4,17-13)12(16)8-10-14(2,3)9-7-11/h7-8,10,13H,5-6,9H2,1-4H3/b10-8+,11-7+. The Labute approximate surface area is 104 Å². The zero-order valence-electron chi connectivity index (χ0n) is 11.2. The molecule has 1 saturated heterocycles. The van der Waals surface area contributed by atoms with Gasteiger partial charge in [0.05, 0.1) is 6.10 Å². The number of carbonyl (C=O) groups is 1. The second-order valence-electron chi connectivity index (χ2n) is 6.19. The van der Waals surface area contributed by atoms with Gasteiger partial charge in [0, 0.05) is 0 Å². The number of hydrogen-bond donors (Lipinski definition) is 0. The third kappa shape index (κ3) is 2.68. The number of rotatable bonds is 0. The van der Waals surface area contributed by atoms with Crippen molar-refractivity contribution in [1.29, 1.82) is 0 Å². The van der Waals surface area contributed by atoms with Gasteiger partial charge in [0.15, 0.2) is 11.4 Å². The molecular formula is C15H22O2. The van der Waals surface area contributed by atoms with Gasteiger partial charge in [-0.2, -0.15) is 0 Å². The lowest BCUT2D eigenvalue weighted by Gasteiger charge is -2.18. The first kappa shape index (κ1) is 12.6. The van der Waals surface area contributed by atoms with E-state index < -0.39 is 5.60 Å². The average Bonchev–Trinajstić information content (AvgIpc) is 2.93. The molecule has 2 unspecified atom stereocenters. The molecule has 1 fully saturated rings. The van der Waals surface area contributed by atoms with Gasteiger partial charge in [-0.15, -0.1) is 0 Å². The Balaban J connectivity index is 2.22. The van der Waals surface area contributed by atoms with Gasteiger partial charge in [0.1, 0.15) is 0 Å². The lowest BCUT2D eigenvalue weighted by atomic mass is 9.87. The van der Waals surface area contributed by atoms with Crippen LogP contribution in [-0.4, -0.2) is 17.5 Å². The van der Waals surface area contributed by atoms with Crippen LogP contribution in [0.4, 0.5) is 0 Å². The van der Waals surface area contributed by atoms with Crippen LogP contribution in [0.2, 0.25) is 0 Å². The SMILES string of the molecule is C/C1=C\CC(C)(C)/C=C/C(=O)C2(C)OC2CC1. The summed E-state index contributed by atoms with van der Waals surface area (Å²) in [6, 6.07) is 0. The van der Waals surface area contributed by atoms with Crippen molar-refractivity contribution in [3.05, 3.63) is 23.8 Å². The molecule has 0 amide bonds. The molecule has 0 aromatic rings. The molecule has 1 aliphatic carbocycles. The first-order valence-corrected chi connectivity index (χ1v) is 6.41. The molecule has 0 radical (unpaired) electrons. The summed E-state index contributed by atoms with van der Waals surface area (Å²) in [4.78, 5) is 12.0. The Hall–Kier alpha value is -0.890. The zero-order valence-corrected chi connectivity index (χ0v) is 11.2. The Kier molecular flexibility index (Phi) is 3.03. The van der Waals surface area contributed by atoms with E-state index in [0.29, 0.717) is 0 Å². The van der Waals surface area contributed by atoms with Gasteiger partial charge in [-0.25, -0.2) is 0 Å². The number of epoxide rings is 1. The van der Waals surface area contributed by atoms with Crippen LogP contribution in [0.5, 0.6) is 0 Å². The molecule has 2 heteroatoms. The van der Waals surface area contributed by atoms with Crippen LogP contribution in [0, 0.1) is 5.41 Å². The Morgan fingerprint density at radius 3 is 2.76 bits per heavy atom. The quantitative estimate of drug-likeness (QED) is 0.475. The van der Waals surface area contributed by atoms with Crippen molar-refractivity contribution in [3.63, 3.8) is 0 Å². The lowest BCUT2D eigenvalue weighted by Crippen LogP contribution is -2.22. The second kappa shape index (κ2) is 4.09. The van der Waals surface area contributed by atoms with E-state index in [1.165, 1.54) is 5.57 Å². The summed E-state index contributed by atoms with van der Waals surface area (Å²) in [7, 11) is 0. The summed E-state index contributed by atoms with van der Waals surface area (Å²) < 4.78 is 5.58. The normalized spacial score (nSPS) is 41.8. The van der Waals surface area contributed by atoms with Crippen LogP contribution in [0.25, 0.3) is 0 Å². The van der Waals surface area contributed by atoms with Crippen molar-refractivity contribution < 1.29 is 9.53 Å². The van der Waals surface area contributed by atoms with E-state index in [-0.39, 0.29) is 17.3 Å². The number of carbonyl (C=O) groups excluding carboxylic acids is 1. The van der Waals surface area contributed by atoms with Crippen LogP contribution in [0.15, 0.2) is 23.8 Å². The lowest BCUT2D eigenvalue weighted by molar-refractivity contribution is -0.118. The van der Waals surface area contributed by atoms with E-state index in [2.05, 4.69) is 26.8 Å². The molecule has 0 bridgehead atoms. The number of hydrogen-bond acceptors (Lipinski definition) is 2. The smallest absolute Gasteiger partial charge is 0.189 e. The molecule has 0 saturated carbocycles. The van der Waals surface area contributed by atoms with E-state index in [4.69, 9.17) is 4.74 Å². The molecule has 0 aromatic carbocycles. The second-order valence-corrected chi connectivity index (χ2v) is 6.19. The highest BCUT2D eigenvalue weighted by atomic mass is 16.6. The van der Waals surface area contributed by atoms with Crippen molar-refractivity contribution in [3.8, 4) is 0 Å². The molecular weight excluding hydrogens is 212 g/mol. The Bertz CT molecular complexity index is 390. The summed E-state index contributed by atoms with van der Waals surface area (Å²) in [6.45, 7) is 8.39. The molecule has 1 aliphatic heterocycles. The van der Waals surface area contributed by atoms with Crippen molar-refractivity contribution >= 4 is 5.78 Å². The topological polar surface area (TPSA) is 29.6 Å². The fourth-order valence-corrected chi connectivity index (χ4v) is 2.25. The van der Waals surface area contributed by atoms with E-state index in [0.717, 1.165) is 19.3 Å². The molecule has 2 rings (SSSR count). The van der Waals surface area contributed by atoms with Crippen molar-refractivity contribution in [2.45, 2.75) is 58.7 Å². The number of allylic oxidation sites excluding steroid dienone is 3. The minimum Gasteiger partial charge on any atom is -0.358 e. The van der Waals surface area contributed by atoms with E-state index >= 15 is 0 Å². The zero-order chi connectivity index (χ0) is 12.7. The van der Waals surface area contributed by atoms with Crippen molar-refractivity contribution in [2.75, 3.05) is 0 Å². The van der Waals surface area contributed by atoms with Gasteiger partial charge in [0.25, 0.3) is 0 Å². The van der Waals surface area contributed by atoms with Gasteiger partial charge in [-0.1, -0.05) is 31.6 Å². The molecule has 0 N–H and O–H groups in total. The van der Waals surface area contributed by atoms with E-state index in [1.807, 2.05) is 13.0 Å². The largest absolute Gasteiger partial charge is 0.358 e. The summed E-state index contributed by atoms with van der Waals surface area (Å²) in [5.74, 6) is 0.120. The molecule has 1 heterocycles. The fraction of sp³-hybridized carbons (Fsp3) is 0.667. The highest BCUT2D eigenvalue weighted by Crippen LogP contribution is 2.41. The monoisotopic (exact) mass is 234 g/mol. The van der Waals surface area contributed by atoms with Crippen LogP contribution in [0.3, 0.4) is 0 Å². The van der Waals surface area contributed by atoms with Crippen LogP contribution in [0.1, 0.15) is 47.0 Å². The maximum absolute atomic E-state index is 12.0. The molecule has 94 valence electrons. The maximum Gasteiger partial charge on any atom is 0.189 e. The van der Waals surface area contributed by atoms with Crippen molar-refractivity contribution in [2.24, 2.45) is 5.41 Å². The van der Waals surface area contributed by atoms with E-state index in [9.17, 15) is 4.79 Å². The van der Waals surface area contributed by atoms with E-state index in [1.54, 1.807) is 6.08 Å². The average molecular weight is 234 g/mol. The molecule has 2 nitrogen and oxygen atoms in total. The molecule has 0 spiro atoms. The Morgan fingerprint density at radius 2 is 2.06 bits per heavy atom. The summed E-state index contributed by atoms with van der Waals surface area (Å²) in [6.07, 6.45) is 9.13. The summed E-state index contributed by atoms with van der Waals surface area (Å²) in [5, 5.41) is 0. The minimum absolute atomic E-state index is 0.0437. The van der Waals surface area contributed by atoms with Gasteiger partial charge in [-0.3, -0.25) is 4.79 Å². The van der Waals surface area contributed by atoms with Crippen molar-refractivity contribution in [1.82, 2.24) is 0 Å². The molecule has 2 aliphatic rings. The summed E-state index contributed by atoms with van der Waals surface area (Å²) in [5.41, 5.74) is 0.901. The molecule has 2 atom stereocenters. The molecule has 0 aromatic heterocycles. The number of ketones is 1. The van der Waals surface area contributed by atoms with Crippen LogP contribution in [-0.2, 0) is 9.53 Å². The maximum atomic E-state index is 12.0. The third-order valence-corrected chi connectivity index (χ3v) is 3.90. The first-order valence-electron chi connectivity index (χ1n) is 6.41. The fourth-order valence-electron chi connectivity index (χ4n) is 2.25. The highest BCUT2D eigenvalue weighted by Gasteiger charge is 2.56. The van der Waals surface area contributed by atoms with Gasteiger partial charge >= 0.3 is 0 Å². The van der Waals surface area contributed by atoms with Crippen LogP contribution >= 0.6 is 0 Å². The van der Waals surface area contributed by atoms with Gasteiger partial charge in [-0.05, 0) is 44.6 Å². The Morgan fingerprint density at radius 1 is 1.35 bits per heavy atom. The third-order valence-electron chi connectivity index (χ3n) is 3.90. The minimum atomic E-state index is -0.544. The number of fused-ring (bicyclic) bond motifs is 1.